The molecule has 6 aromatic carbocycles. The number of pyridine rings is 6. The van der Waals surface area contributed by atoms with Gasteiger partial charge in [0, 0.05) is 106 Å². The van der Waals surface area contributed by atoms with Gasteiger partial charge < -0.3 is 0 Å². The molecule has 0 fully saturated rings. The Morgan fingerprint density at radius 3 is 1.31 bits per heavy atom. The summed E-state index contributed by atoms with van der Waals surface area (Å²) < 4.78 is 0. The SMILES string of the molecule is Cc1cc(C)c2c(c1)-c1nc(C)c(C)cc1C2.Cc1cc2c(nc1C)-c1ccc(C)c(C)c1C2.Cc1cc2c(nc1C)Cc1cccc(C)c1-2.Cc1cc2c(nc1C)Cc1ccccc1-2.Cc1ccc2c(c1)-c1cc(C)c(C)nc1C2.Cc1nc2c(c(C)c1C)-c1ccccc1C2. The van der Waals surface area contributed by atoms with Gasteiger partial charge in [-0.15, -0.1) is 0 Å². The van der Waals surface area contributed by atoms with E-state index in [9.17, 15) is 0 Å². The first-order chi connectivity index (χ1) is 46.4. The Balaban J connectivity index is 0.000000105. The molecule has 6 aliphatic carbocycles. The molecule has 0 N–H and O–H groups in total. The maximum Gasteiger partial charge on any atom is 0.0743 e. The molecule has 0 saturated carbocycles. The highest BCUT2D eigenvalue weighted by Crippen LogP contribution is 2.44. The van der Waals surface area contributed by atoms with Crippen LogP contribution in [0.5, 0.6) is 0 Å². The monoisotopic (exact) mass is 1270 g/mol. The fourth-order valence-corrected chi connectivity index (χ4v) is 15.2. The molecular weight excluding hydrogens is 1180 g/mol. The van der Waals surface area contributed by atoms with E-state index in [1.807, 2.05) is 0 Å². The van der Waals surface area contributed by atoms with E-state index < -0.39 is 0 Å². The summed E-state index contributed by atoms with van der Waals surface area (Å²) in [5.74, 6) is 0. The van der Waals surface area contributed by atoms with Crippen molar-refractivity contribution in [2.24, 2.45) is 0 Å². The number of hydrogen-bond donors (Lipinski definition) is 0. The van der Waals surface area contributed by atoms with Crippen LogP contribution in [-0.2, 0) is 38.5 Å². The number of benzene rings is 6. The zero-order chi connectivity index (χ0) is 68.6. The third kappa shape index (κ3) is 12.6. The van der Waals surface area contributed by atoms with Gasteiger partial charge in [-0.1, -0.05) is 126 Å². The van der Waals surface area contributed by atoms with Crippen LogP contribution in [0.25, 0.3) is 67.0 Å². The van der Waals surface area contributed by atoms with E-state index in [0.717, 1.165) is 67.0 Å². The molecule has 0 bridgehead atoms. The molecule has 6 aromatic heterocycles. The van der Waals surface area contributed by atoms with Gasteiger partial charge in [0.15, 0.2) is 0 Å². The Hall–Kier alpha value is -9.78. The minimum atomic E-state index is 0.992. The minimum absolute atomic E-state index is 0.992. The Morgan fingerprint density at radius 2 is 0.680 bits per heavy atom. The van der Waals surface area contributed by atoms with Crippen molar-refractivity contribution in [1.29, 1.82) is 0 Å². The average molecular weight is 1270 g/mol. The zero-order valence-corrected chi connectivity index (χ0v) is 60.7. The van der Waals surface area contributed by atoms with E-state index in [1.165, 1.54) is 212 Å². The topological polar surface area (TPSA) is 77.3 Å². The maximum absolute atomic E-state index is 4.78. The second kappa shape index (κ2) is 26.3. The van der Waals surface area contributed by atoms with Crippen molar-refractivity contribution in [2.45, 2.75) is 170 Å². The van der Waals surface area contributed by atoms with Crippen LogP contribution in [0.15, 0.2) is 140 Å². The van der Waals surface area contributed by atoms with E-state index in [-0.39, 0.29) is 0 Å². The molecule has 6 heteroatoms. The van der Waals surface area contributed by atoms with Crippen LogP contribution in [0.3, 0.4) is 0 Å². The number of hydrogen-bond acceptors (Lipinski definition) is 6. The van der Waals surface area contributed by atoms with Gasteiger partial charge >= 0.3 is 0 Å². The Labute approximate surface area is 576 Å². The van der Waals surface area contributed by atoms with Gasteiger partial charge in [0.2, 0.25) is 0 Å². The molecule has 97 heavy (non-hydrogen) atoms. The highest BCUT2D eigenvalue weighted by atomic mass is 14.8. The number of fused-ring (bicyclic) bond motifs is 18. The fourth-order valence-electron chi connectivity index (χ4n) is 15.2. The van der Waals surface area contributed by atoms with Crippen molar-refractivity contribution < 1.29 is 0 Å². The van der Waals surface area contributed by atoms with Gasteiger partial charge in [-0.3, -0.25) is 29.9 Å². The lowest BCUT2D eigenvalue weighted by molar-refractivity contribution is 1.04. The smallest absolute Gasteiger partial charge is 0.0743 e. The summed E-state index contributed by atoms with van der Waals surface area (Å²) >= 11 is 0. The normalized spacial score (nSPS) is 12.4. The average Bonchev–Trinajstić information content (AvgIpc) is 1.66. The number of nitrogens with zero attached hydrogens (tertiary/aromatic N) is 6. The molecule has 6 heterocycles. The summed E-state index contributed by atoms with van der Waals surface area (Å²) in [6.07, 6.45) is 6.07. The minimum Gasteiger partial charge on any atom is -0.257 e. The molecule has 0 aliphatic heterocycles. The molecule has 0 atom stereocenters. The van der Waals surface area contributed by atoms with E-state index in [2.05, 4.69) is 276 Å². The Bertz CT molecular complexity index is 5210. The predicted molar refractivity (Wildman–Crippen MR) is 405 cm³/mol. The molecule has 0 radical (unpaired) electrons. The highest BCUT2D eigenvalue weighted by Gasteiger charge is 2.28. The first kappa shape index (κ1) is 65.9. The summed E-state index contributed by atoms with van der Waals surface area (Å²) in [4.78, 5) is 28.3. The van der Waals surface area contributed by atoms with Crippen molar-refractivity contribution in [3.8, 4) is 67.0 Å². The van der Waals surface area contributed by atoms with E-state index in [0.29, 0.717) is 0 Å². The molecule has 0 spiro atoms. The van der Waals surface area contributed by atoms with Crippen LogP contribution in [0.4, 0.5) is 0 Å². The standard InChI is InChI=1S/2C16H17N.3C15H15N.C14H13N/c1-9-5-11(3)14-8-13-7-10(2)12(4)17-16(13)15(14)6-9;1-9-5-6-14-15(11(9)3)8-13-7-10(2)12(4)17-16(13)14;1-9-4-5-12-8-15-14(13(12)6-9)7-10(2)11(3)16-15;1-9-5-4-6-12-8-14-13(15(9)12)7-10(2)11(3)16-14;1-9-10(2)15-13-7-5-4-6-12(13)8-14(15)16-11(9)3;1-9-7-13-12-6-4-3-5-11(12)8-14(13)15-10(9)2/h2*5-7H,8H2,1-4H3;3*4-7H,8H2,1-3H3;3-7H,8H2,1-2H3. The molecule has 0 amide bonds. The molecule has 486 valence electrons. The number of aromatic nitrogens is 6. The summed E-state index contributed by atoms with van der Waals surface area (Å²) in [6, 6.07) is 50.9. The lowest BCUT2D eigenvalue weighted by atomic mass is 9.98. The summed E-state index contributed by atoms with van der Waals surface area (Å²) in [7, 11) is 0. The van der Waals surface area contributed by atoms with Gasteiger partial charge in [0.05, 0.1) is 34.2 Å². The number of aryl methyl sites for hydroxylation is 16. The van der Waals surface area contributed by atoms with Gasteiger partial charge in [-0.05, 0) is 284 Å². The maximum atomic E-state index is 4.78. The van der Waals surface area contributed by atoms with Crippen LogP contribution in [0, 0.1) is 132 Å². The zero-order valence-electron chi connectivity index (χ0n) is 60.7. The van der Waals surface area contributed by atoms with Crippen molar-refractivity contribution in [3.05, 3.63) is 313 Å². The molecule has 0 saturated heterocycles. The van der Waals surface area contributed by atoms with Crippen LogP contribution < -0.4 is 0 Å². The van der Waals surface area contributed by atoms with Crippen molar-refractivity contribution in [1.82, 2.24) is 29.9 Å². The highest BCUT2D eigenvalue weighted by molar-refractivity contribution is 5.82. The molecule has 6 aliphatic rings. The van der Waals surface area contributed by atoms with Crippen molar-refractivity contribution in [3.63, 3.8) is 0 Å². The first-order valence-electron chi connectivity index (χ1n) is 34.8. The van der Waals surface area contributed by atoms with Gasteiger partial charge in [0.1, 0.15) is 0 Å². The molecular formula is C91H92N6. The fraction of sp³-hybridized carbons (Fsp3) is 0.275. The molecule has 12 aromatic rings. The summed E-state index contributed by atoms with van der Waals surface area (Å²) in [6.45, 7) is 40.7. The molecule has 6 nitrogen and oxygen atoms in total. The second-order valence-corrected chi connectivity index (χ2v) is 28.5. The summed E-state index contributed by atoms with van der Waals surface area (Å²) in [5, 5.41) is 0. The van der Waals surface area contributed by atoms with Gasteiger partial charge in [-0.2, -0.15) is 0 Å². The quantitative estimate of drug-likeness (QED) is 0.151. The lowest BCUT2D eigenvalue weighted by Gasteiger charge is -2.10. The third-order valence-electron chi connectivity index (χ3n) is 21.7. The predicted octanol–water partition coefficient (Wildman–Crippen LogP) is 21.8. The van der Waals surface area contributed by atoms with E-state index in [1.54, 1.807) is 0 Å². The van der Waals surface area contributed by atoms with Crippen molar-refractivity contribution in [2.75, 3.05) is 0 Å². The van der Waals surface area contributed by atoms with Crippen LogP contribution in [0.2, 0.25) is 0 Å². The Morgan fingerprint density at radius 1 is 0.216 bits per heavy atom. The van der Waals surface area contributed by atoms with Crippen molar-refractivity contribution >= 4 is 0 Å². The van der Waals surface area contributed by atoms with Crippen LogP contribution in [-0.4, -0.2) is 29.9 Å². The molecule has 0 unspecified atom stereocenters. The van der Waals surface area contributed by atoms with E-state index >= 15 is 0 Å². The summed E-state index contributed by atoms with van der Waals surface area (Å²) in [5.41, 5.74) is 56.7. The third-order valence-corrected chi connectivity index (χ3v) is 21.7. The van der Waals surface area contributed by atoms with Crippen LogP contribution in [0.1, 0.15) is 174 Å². The molecule has 18 rings (SSSR count). The van der Waals surface area contributed by atoms with Gasteiger partial charge in [-0.25, -0.2) is 0 Å². The Kier molecular flexibility index (Phi) is 17.9. The van der Waals surface area contributed by atoms with E-state index in [4.69, 9.17) is 24.9 Å². The number of rotatable bonds is 0. The van der Waals surface area contributed by atoms with Crippen LogP contribution >= 0.6 is 0 Å². The largest absolute Gasteiger partial charge is 0.257 e. The van der Waals surface area contributed by atoms with Gasteiger partial charge in [0.25, 0.3) is 0 Å². The lowest BCUT2D eigenvalue weighted by Crippen LogP contribution is -1.97. The first-order valence-corrected chi connectivity index (χ1v) is 34.8. The second-order valence-electron chi connectivity index (χ2n) is 28.5.